The Hall–Kier alpha value is -8.46. The van der Waals surface area contributed by atoms with Gasteiger partial charge in [0.15, 0.2) is 0 Å². The highest BCUT2D eigenvalue weighted by atomic mass is 15.1. The van der Waals surface area contributed by atoms with Gasteiger partial charge >= 0.3 is 0 Å². The van der Waals surface area contributed by atoms with E-state index in [-0.39, 0.29) is 10.8 Å². The molecule has 0 spiro atoms. The highest BCUT2D eigenvalue weighted by Gasteiger charge is 2.38. The first kappa shape index (κ1) is 42.6. The normalized spacial score (nSPS) is 13.6. The van der Waals surface area contributed by atoms with Gasteiger partial charge in [0.25, 0.3) is 0 Å². The van der Waals surface area contributed by atoms with E-state index < -0.39 is 0 Å². The van der Waals surface area contributed by atoms with E-state index in [2.05, 4.69) is 281 Å². The number of anilines is 3. The van der Waals surface area contributed by atoms with E-state index in [0.29, 0.717) is 0 Å². The van der Waals surface area contributed by atoms with E-state index in [9.17, 15) is 0 Å². The molecule has 0 aliphatic heterocycles. The van der Waals surface area contributed by atoms with Crippen LogP contribution in [0, 0.1) is 6.92 Å². The number of aromatic nitrogens is 1. The third kappa shape index (κ3) is 6.84. The van der Waals surface area contributed by atoms with Crippen LogP contribution >= 0.6 is 0 Å². The quantitative estimate of drug-likeness (QED) is 0.147. The van der Waals surface area contributed by atoms with Crippen molar-refractivity contribution < 1.29 is 0 Å². The van der Waals surface area contributed by atoms with Crippen LogP contribution in [-0.2, 0) is 10.8 Å². The van der Waals surface area contributed by atoms with Crippen molar-refractivity contribution in [2.24, 2.45) is 0 Å². The van der Waals surface area contributed by atoms with Crippen molar-refractivity contribution in [2.75, 3.05) is 4.90 Å². The Morgan fingerprint density at radius 3 is 1.49 bits per heavy atom. The summed E-state index contributed by atoms with van der Waals surface area (Å²) in [6.45, 7) is 11.7. The lowest BCUT2D eigenvalue weighted by molar-refractivity contribution is 0.660. The maximum atomic E-state index is 2.51. The van der Waals surface area contributed by atoms with Crippen LogP contribution in [0.15, 0.2) is 237 Å². The molecule has 0 unspecified atom stereocenters. The van der Waals surface area contributed by atoms with E-state index >= 15 is 0 Å². The molecule has 2 aliphatic carbocycles. The number of aryl methyl sites for hydroxylation is 1. The summed E-state index contributed by atoms with van der Waals surface area (Å²) in [5.41, 5.74) is 27.1. The van der Waals surface area contributed by atoms with Crippen molar-refractivity contribution in [3.05, 3.63) is 264 Å². The minimum Gasteiger partial charge on any atom is -0.310 e. The largest absolute Gasteiger partial charge is 0.310 e. The van der Waals surface area contributed by atoms with Gasteiger partial charge in [0.2, 0.25) is 0 Å². The molecular formula is C69H54N2. The van der Waals surface area contributed by atoms with Crippen LogP contribution in [0.2, 0.25) is 0 Å². The summed E-state index contributed by atoms with van der Waals surface area (Å²) >= 11 is 0. The van der Waals surface area contributed by atoms with Gasteiger partial charge in [0, 0.05) is 44.5 Å². The van der Waals surface area contributed by atoms with Crippen molar-refractivity contribution in [2.45, 2.75) is 45.4 Å². The second-order valence-electron chi connectivity index (χ2n) is 20.6. The molecule has 13 rings (SSSR count). The number of benzene rings is 10. The molecule has 2 aliphatic rings. The second kappa shape index (κ2) is 16.3. The van der Waals surface area contributed by atoms with Crippen LogP contribution in [0.1, 0.15) is 55.5 Å². The number of hydrogen-bond acceptors (Lipinski definition) is 1. The molecule has 340 valence electrons. The van der Waals surface area contributed by atoms with Crippen LogP contribution in [0.5, 0.6) is 0 Å². The van der Waals surface area contributed by atoms with Gasteiger partial charge in [-0.05, 0) is 152 Å². The Bertz CT molecular complexity index is 3820. The lowest BCUT2D eigenvalue weighted by Crippen LogP contribution is -2.16. The highest BCUT2D eigenvalue weighted by Crippen LogP contribution is 2.54. The van der Waals surface area contributed by atoms with E-state index in [0.717, 1.165) is 22.7 Å². The Balaban J connectivity index is 0.916. The molecular weight excluding hydrogens is 857 g/mol. The Labute approximate surface area is 417 Å². The van der Waals surface area contributed by atoms with Crippen molar-refractivity contribution in [1.29, 1.82) is 0 Å². The van der Waals surface area contributed by atoms with Crippen molar-refractivity contribution >= 4 is 28.0 Å². The topological polar surface area (TPSA) is 8.17 Å². The van der Waals surface area contributed by atoms with Gasteiger partial charge in [0.05, 0.1) is 11.2 Å². The lowest BCUT2D eigenvalue weighted by atomic mass is 9.81. The maximum Gasteiger partial charge on any atom is 0.0619 e. The summed E-state index contributed by atoms with van der Waals surface area (Å²) < 4.78 is 2.51. The van der Waals surface area contributed by atoms with Crippen LogP contribution in [-0.4, -0.2) is 4.57 Å². The first-order chi connectivity index (χ1) is 34.6. The first-order valence-electron chi connectivity index (χ1n) is 25.0. The minimum atomic E-state index is -0.246. The first-order valence-corrected chi connectivity index (χ1v) is 25.0. The molecule has 0 bridgehead atoms. The fourth-order valence-corrected chi connectivity index (χ4v) is 11.9. The summed E-state index contributed by atoms with van der Waals surface area (Å²) in [5, 5.41) is 1.25. The molecule has 1 aromatic heterocycles. The zero-order valence-corrected chi connectivity index (χ0v) is 40.9. The van der Waals surface area contributed by atoms with Crippen molar-refractivity contribution in [1.82, 2.24) is 4.57 Å². The van der Waals surface area contributed by atoms with E-state index in [4.69, 9.17) is 0 Å². The van der Waals surface area contributed by atoms with Crippen LogP contribution in [0.25, 0.3) is 83.5 Å². The molecule has 1 heterocycles. The van der Waals surface area contributed by atoms with Gasteiger partial charge in [-0.3, -0.25) is 0 Å². The maximum absolute atomic E-state index is 2.51. The summed E-state index contributed by atoms with van der Waals surface area (Å²) in [5.74, 6) is 0. The lowest BCUT2D eigenvalue weighted by Gasteiger charge is -2.28. The Morgan fingerprint density at radius 2 is 0.803 bits per heavy atom. The fourth-order valence-electron chi connectivity index (χ4n) is 11.9. The van der Waals surface area contributed by atoms with E-state index in [1.807, 2.05) is 0 Å². The van der Waals surface area contributed by atoms with Gasteiger partial charge in [-0.1, -0.05) is 203 Å². The average Bonchev–Trinajstić information content (AvgIpc) is 3.96. The molecule has 11 aromatic rings. The third-order valence-corrected chi connectivity index (χ3v) is 15.7. The summed E-state index contributed by atoms with van der Waals surface area (Å²) in [6, 6.07) is 87.9. The number of fused-ring (bicyclic) bond motifs is 7. The summed E-state index contributed by atoms with van der Waals surface area (Å²) in [4.78, 5) is 2.41. The number of rotatable bonds is 8. The van der Waals surface area contributed by atoms with Gasteiger partial charge in [-0.2, -0.15) is 0 Å². The molecule has 0 saturated heterocycles. The molecule has 71 heavy (non-hydrogen) atoms. The van der Waals surface area contributed by atoms with Crippen molar-refractivity contribution in [3.63, 3.8) is 0 Å². The smallest absolute Gasteiger partial charge is 0.0619 e. The van der Waals surface area contributed by atoms with Gasteiger partial charge < -0.3 is 9.47 Å². The number of hydrogen-bond donors (Lipinski definition) is 0. The number of nitrogens with zero attached hydrogens (tertiary/aromatic N) is 2. The molecule has 2 nitrogen and oxygen atoms in total. The van der Waals surface area contributed by atoms with E-state index in [1.54, 1.807) is 0 Å². The predicted octanol–water partition coefficient (Wildman–Crippen LogP) is 18.7. The highest BCUT2D eigenvalue weighted by molar-refractivity contribution is 6.08. The van der Waals surface area contributed by atoms with Gasteiger partial charge in [-0.25, -0.2) is 0 Å². The molecule has 0 fully saturated rings. The van der Waals surface area contributed by atoms with Crippen molar-refractivity contribution in [3.8, 4) is 72.6 Å². The Morgan fingerprint density at radius 1 is 0.338 bits per heavy atom. The molecule has 10 aromatic carbocycles. The zero-order valence-electron chi connectivity index (χ0n) is 40.9. The van der Waals surface area contributed by atoms with Crippen LogP contribution in [0.4, 0.5) is 17.1 Å². The summed E-state index contributed by atoms with van der Waals surface area (Å²) in [7, 11) is 0. The molecule has 2 heteroatoms. The Kier molecular flexibility index (Phi) is 9.80. The van der Waals surface area contributed by atoms with Crippen LogP contribution in [0.3, 0.4) is 0 Å². The predicted molar refractivity (Wildman–Crippen MR) is 300 cm³/mol. The fraction of sp³-hybridized carbons (Fsp3) is 0.101. The molecule has 0 atom stereocenters. The minimum absolute atomic E-state index is 0.0910. The second-order valence-corrected chi connectivity index (χ2v) is 20.6. The van der Waals surface area contributed by atoms with Crippen LogP contribution < -0.4 is 4.90 Å². The molecule has 0 saturated carbocycles. The SMILES string of the molecule is Cc1ccc(N(c2ccc(-c3ccc4c(c3)C(C)(C)c3cc5c(cc3-4)c(-c3ccccc3)c(-c3ccccc3)n5-c3ccc(-c4ccccc4)cc3)cc2)c2ccc3c(c2)C(C)(C)c2ccccc2-3)cc1. The summed E-state index contributed by atoms with van der Waals surface area (Å²) in [6.07, 6.45) is 0. The zero-order chi connectivity index (χ0) is 48.0. The third-order valence-electron chi connectivity index (χ3n) is 15.7. The van der Waals surface area contributed by atoms with E-state index in [1.165, 1.54) is 106 Å². The van der Waals surface area contributed by atoms with Gasteiger partial charge in [-0.15, -0.1) is 0 Å². The average molecular weight is 911 g/mol. The molecule has 0 radical (unpaired) electrons. The molecule has 0 N–H and O–H groups in total. The standard InChI is InChI=1S/C69H54N2/c1-45-25-32-52(33-26-45)70(55-38-40-57-56-23-15-16-24-61(56)68(2,3)63(57)42-55)53-34-29-48(30-35-53)51-31-39-58-59-43-60-65(44-64(59)69(4,5)62(58)41-51)71(54-36-27-47(28-37-54)46-17-9-6-10-18-46)67(50-21-13-8-14-22-50)66(60)49-19-11-7-12-20-49/h6-44H,1-5H3. The molecule has 0 amide bonds. The van der Waals surface area contributed by atoms with Gasteiger partial charge in [0.1, 0.15) is 0 Å². The monoisotopic (exact) mass is 910 g/mol.